The first-order valence-electron chi connectivity index (χ1n) is 7.94. The van der Waals surface area contributed by atoms with Crippen molar-refractivity contribution in [2.75, 3.05) is 20.1 Å². The maximum absolute atomic E-state index is 12.8. The SMILES string of the molecule is CC(C)C(NC(=O)c1ccccc1Cl)C(=O)N(C)C1CCNC1. The first kappa shape index (κ1) is 17.8. The molecule has 1 saturated heterocycles. The Morgan fingerprint density at radius 2 is 2.04 bits per heavy atom. The molecule has 2 atom stereocenters. The van der Waals surface area contributed by atoms with Crippen LogP contribution in [0.4, 0.5) is 0 Å². The molecule has 5 nitrogen and oxygen atoms in total. The Morgan fingerprint density at radius 1 is 1.35 bits per heavy atom. The summed E-state index contributed by atoms with van der Waals surface area (Å²) in [6.07, 6.45) is 0.936. The predicted molar refractivity (Wildman–Crippen MR) is 91.6 cm³/mol. The fraction of sp³-hybridized carbons (Fsp3) is 0.529. The van der Waals surface area contributed by atoms with Crippen molar-refractivity contribution < 1.29 is 9.59 Å². The van der Waals surface area contributed by atoms with Crippen molar-refractivity contribution in [2.24, 2.45) is 5.92 Å². The van der Waals surface area contributed by atoms with Gasteiger partial charge in [0.05, 0.1) is 10.6 Å². The molecule has 0 bridgehead atoms. The molecule has 0 saturated carbocycles. The quantitative estimate of drug-likeness (QED) is 0.863. The van der Waals surface area contributed by atoms with E-state index in [2.05, 4.69) is 10.6 Å². The summed E-state index contributed by atoms with van der Waals surface area (Å²) < 4.78 is 0. The predicted octanol–water partition coefficient (Wildman–Crippen LogP) is 1.91. The van der Waals surface area contributed by atoms with E-state index in [-0.39, 0.29) is 23.8 Å². The lowest BCUT2D eigenvalue weighted by Gasteiger charge is -2.30. The fourth-order valence-electron chi connectivity index (χ4n) is 2.75. The van der Waals surface area contributed by atoms with Gasteiger partial charge in [-0.3, -0.25) is 9.59 Å². The molecule has 0 radical (unpaired) electrons. The molecule has 0 aliphatic carbocycles. The van der Waals surface area contributed by atoms with Crippen LogP contribution in [0, 0.1) is 5.92 Å². The highest BCUT2D eigenvalue weighted by atomic mass is 35.5. The van der Waals surface area contributed by atoms with Crippen molar-refractivity contribution in [2.45, 2.75) is 32.4 Å². The van der Waals surface area contributed by atoms with E-state index in [1.165, 1.54) is 0 Å². The maximum Gasteiger partial charge on any atom is 0.253 e. The number of carbonyl (C=O) groups is 2. The Labute approximate surface area is 142 Å². The molecule has 1 aliphatic rings. The van der Waals surface area contributed by atoms with Gasteiger partial charge >= 0.3 is 0 Å². The maximum atomic E-state index is 12.8. The zero-order valence-electron chi connectivity index (χ0n) is 13.8. The Bertz CT molecular complexity index is 571. The topological polar surface area (TPSA) is 61.4 Å². The van der Waals surface area contributed by atoms with Gasteiger partial charge in [0.25, 0.3) is 5.91 Å². The summed E-state index contributed by atoms with van der Waals surface area (Å²) in [7, 11) is 1.80. The molecule has 1 aliphatic heterocycles. The number of amides is 2. The Kier molecular flexibility index (Phi) is 6.02. The van der Waals surface area contributed by atoms with E-state index in [1.54, 1.807) is 36.2 Å². The molecule has 1 heterocycles. The molecule has 2 unspecified atom stereocenters. The van der Waals surface area contributed by atoms with Crippen LogP contribution < -0.4 is 10.6 Å². The van der Waals surface area contributed by atoms with Gasteiger partial charge in [0.15, 0.2) is 0 Å². The number of carbonyl (C=O) groups excluding carboxylic acids is 2. The Morgan fingerprint density at radius 3 is 2.61 bits per heavy atom. The molecular weight excluding hydrogens is 314 g/mol. The minimum absolute atomic E-state index is 0.00856. The van der Waals surface area contributed by atoms with Crippen LogP contribution in [0.2, 0.25) is 5.02 Å². The van der Waals surface area contributed by atoms with Crippen LogP contribution in [0.5, 0.6) is 0 Å². The van der Waals surface area contributed by atoms with Gasteiger partial charge in [-0.15, -0.1) is 0 Å². The van der Waals surface area contributed by atoms with Crippen LogP contribution in [0.3, 0.4) is 0 Å². The lowest BCUT2D eigenvalue weighted by molar-refractivity contribution is -0.134. The van der Waals surface area contributed by atoms with Gasteiger partial charge in [0, 0.05) is 19.6 Å². The summed E-state index contributed by atoms with van der Waals surface area (Å²) in [6.45, 7) is 5.57. The molecule has 0 spiro atoms. The Balaban J connectivity index is 2.10. The standard InChI is InChI=1S/C17H24ClN3O2/c1-11(2)15(17(23)21(3)12-8-9-19-10-12)20-16(22)13-6-4-5-7-14(13)18/h4-7,11-12,15,19H,8-10H2,1-3H3,(H,20,22). The van der Waals surface area contributed by atoms with Crippen molar-refractivity contribution in [3.8, 4) is 0 Å². The number of benzene rings is 1. The van der Waals surface area contributed by atoms with Crippen molar-refractivity contribution in [3.05, 3.63) is 34.9 Å². The molecule has 1 aromatic rings. The van der Waals surface area contributed by atoms with Crippen molar-refractivity contribution in [1.82, 2.24) is 15.5 Å². The third-order valence-corrected chi connectivity index (χ3v) is 4.60. The average Bonchev–Trinajstić information content (AvgIpc) is 3.05. The number of rotatable bonds is 5. The van der Waals surface area contributed by atoms with E-state index in [0.29, 0.717) is 10.6 Å². The van der Waals surface area contributed by atoms with Gasteiger partial charge in [-0.2, -0.15) is 0 Å². The highest BCUT2D eigenvalue weighted by molar-refractivity contribution is 6.33. The molecular formula is C17H24ClN3O2. The van der Waals surface area contributed by atoms with Gasteiger partial charge in [0.1, 0.15) is 6.04 Å². The van der Waals surface area contributed by atoms with E-state index < -0.39 is 6.04 Å². The first-order chi connectivity index (χ1) is 10.9. The van der Waals surface area contributed by atoms with Crippen LogP contribution in [0.15, 0.2) is 24.3 Å². The fourth-order valence-corrected chi connectivity index (χ4v) is 2.97. The zero-order chi connectivity index (χ0) is 17.0. The minimum atomic E-state index is -0.565. The molecule has 126 valence electrons. The first-order valence-corrected chi connectivity index (χ1v) is 8.32. The normalized spacial score (nSPS) is 18.7. The van der Waals surface area contributed by atoms with Crippen LogP contribution >= 0.6 is 11.6 Å². The highest BCUT2D eigenvalue weighted by Crippen LogP contribution is 2.17. The molecule has 0 aromatic heterocycles. The second kappa shape index (κ2) is 7.79. The molecule has 2 rings (SSSR count). The zero-order valence-corrected chi connectivity index (χ0v) is 14.6. The molecule has 6 heteroatoms. The third kappa shape index (κ3) is 4.24. The summed E-state index contributed by atoms with van der Waals surface area (Å²) >= 11 is 6.06. The van der Waals surface area contributed by atoms with Gasteiger partial charge in [0.2, 0.25) is 5.91 Å². The average molecular weight is 338 g/mol. The molecule has 2 N–H and O–H groups in total. The molecule has 1 fully saturated rings. The van der Waals surface area contributed by atoms with E-state index in [9.17, 15) is 9.59 Å². The lowest BCUT2D eigenvalue weighted by atomic mass is 10.0. The van der Waals surface area contributed by atoms with E-state index in [0.717, 1.165) is 19.5 Å². The van der Waals surface area contributed by atoms with Gasteiger partial charge in [-0.05, 0) is 31.0 Å². The smallest absolute Gasteiger partial charge is 0.253 e. The van der Waals surface area contributed by atoms with Gasteiger partial charge in [-0.25, -0.2) is 0 Å². The van der Waals surface area contributed by atoms with E-state index >= 15 is 0 Å². The molecule has 1 aromatic carbocycles. The van der Waals surface area contributed by atoms with E-state index in [1.807, 2.05) is 13.8 Å². The number of nitrogens with zero attached hydrogens (tertiary/aromatic N) is 1. The number of nitrogens with one attached hydrogen (secondary N) is 2. The van der Waals surface area contributed by atoms with Crippen molar-refractivity contribution in [1.29, 1.82) is 0 Å². The molecule has 2 amide bonds. The van der Waals surface area contributed by atoms with Crippen molar-refractivity contribution >= 4 is 23.4 Å². The van der Waals surface area contributed by atoms with Gasteiger partial charge in [-0.1, -0.05) is 37.6 Å². The summed E-state index contributed by atoms with van der Waals surface area (Å²) in [4.78, 5) is 27.0. The Hall–Kier alpha value is -1.59. The second-order valence-corrected chi connectivity index (χ2v) is 6.68. The van der Waals surface area contributed by atoms with Crippen molar-refractivity contribution in [3.63, 3.8) is 0 Å². The molecule has 23 heavy (non-hydrogen) atoms. The monoisotopic (exact) mass is 337 g/mol. The minimum Gasteiger partial charge on any atom is -0.340 e. The number of hydrogen-bond acceptors (Lipinski definition) is 3. The number of halogens is 1. The van der Waals surface area contributed by atoms with E-state index in [4.69, 9.17) is 11.6 Å². The van der Waals surface area contributed by atoms with Crippen LogP contribution in [-0.4, -0.2) is 48.9 Å². The second-order valence-electron chi connectivity index (χ2n) is 6.27. The van der Waals surface area contributed by atoms with Gasteiger partial charge < -0.3 is 15.5 Å². The number of likely N-dealkylation sites (N-methyl/N-ethyl adjacent to an activating group) is 1. The number of hydrogen-bond donors (Lipinski definition) is 2. The van der Waals surface area contributed by atoms with Crippen LogP contribution in [0.25, 0.3) is 0 Å². The summed E-state index contributed by atoms with van der Waals surface area (Å²) in [5, 5.41) is 6.48. The highest BCUT2D eigenvalue weighted by Gasteiger charge is 2.32. The third-order valence-electron chi connectivity index (χ3n) is 4.27. The van der Waals surface area contributed by atoms with Crippen LogP contribution in [-0.2, 0) is 4.79 Å². The van der Waals surface area contributed by atoms with Crippen LogP contribution in [0.1, 0.15) is 30.6 Å². The summed E-state index contributed by atoms with van der Waals surface area (Å²) in [5.41, 5.74) is 0.387. The lowest BCUT2D eigenvalue weighted by Crippen LogP contribution is -2.53. The summed E-state index contributed by atoms with van der Waals surface area (Å²) in [6, 6.07) is 6.46. The summed E-state index contributed by atoms with van der Waals surface area (Å²) in [5.74, 6) is -0.388. The largest absolute Gasteiger partial charge is 0.340 e.